The van der Waals surface area contributed by atoms with E-state index in [0.717, 1.165) is 69.0 Å². The number of benzene rings is 1. The van der Waals surface area contributed by atoms with Crippen LogP contribution in [0.4, 0.5) is 5.82 Å². The minimum absolute atomic E-state index is 0.277. The maximum atomic E-state index is 13.3. The number of ether oxygens (including phenoxy) is 1. The summed E-state index contributed by atoms with van der Waals surface area (Å²) in [6.45, 7) is 3.13. The van der Waals surface area contributed by atoms with Crippen molar-refractivity contribution in [1.82, 2.24) is 15.1 Å². The third kappa shape index (κ3) is 3.34. The highest BCUT2D eigenvalue weighted by Gasteiger charge is 2.53. The van der Waals surface area contributed by atoms with E-state index in [1.807, 2.05) is 29.2 Å². The average molecular weight is 393 g/mol. The summed E-state index contributed by atoms with van der Waals surface area (Å²) >= 11 is 0. The van der Waals surface area contributed by atoms with Gasteiger partial charge in [0.25, 0.3) is 0 Å². The summed E-state index contributed by atoms with van der Waals surface area (Å²) in [5.41, 5.74) is 3.33. The van der Waals surface area contributed by atoms with Crippen LogP contribution in [0.15, 0.2) is 30.3 Å². The van der Waals surface area contributed by atoms with Crippen LogP contribution in [-0.4, -0.2) is 54.3 Å². The maximum absolute atomic E-state index is 13.3. The van der Waals surface area contributed by atoms with Gasteiger partial charge in [-0.15, -0.1) is 5.10 Å². The van der Waals surface area contributed by atoms with Crippen LogP contribution in [0.2, 0.25) is 0 Å². The monoisotopic (exact) mass is 392 g/mol. The number of methoxy groups -OCH3 is 1. The summed E-state index contributed by atoms with van der Waals surface area (Å²) in [6.07, 6.45) is 6.51. The van der Waals surface area contributed by atoms with Gasteiger partial charge in [0.15, 0.2) is 5.82 Å². The Balaban J connectivity index is 1.25. The Morgan fingerprint density at radius 3 is 2.41 bits per heavy atom. The number of aromatic nitrogens is 2. The lowest BCUT2D eigenvalue weighted by Crippen LogP contribution is -2.51. The maximum Gasteiger partial charge on any atom is 0.233 e. The molecule has 0 bridgehead atoms. The highest BCUT2D eigenvalue weighted by atomic mass is 16.5. The van der Waals surface area contributed by atoms with Gasteiger partial charge in [-0.1, -0.05) is 12.1 Å². The third-order valence-electron chi connectivity index (χ3n) is 6.75. The number of amides is 1. The first kappa shape index (κ1) is 18.4. The number of aryl methyl sites for hydroxylation is 2. The fourth-order valence-corrected chi connectivity index (χ4v) is 4.74. The van der Waals surface area contributed by atoms with E-state index in [1.165, 1.54) is 24.1 Å². The lowest BCUT2D eigenvalue weighted by Gasteiger charge is -2.37. The zero-order valence-corrected chi connectivity index (χ0v) is 17.1. The van der Waals surface area contributed by atoms with E-state index in [9.17, 15) is 4.79 Å². The van der Waals surface area contributed by atoms with Gasteiger partial charge < -0.3 is 14.5 Å². The molecule has 6 nitrogen and oxygen atoms in total. The molecule has 2 fully saturated rings. The molecule has 2 aliphatic carbocycles. The second kappa shape index (κ2) is 7.32. The molecule has 1 saturated heterocycles. The van der Waals surface area contributed by atoms with Gasteiger partial charge in [-0.2, -0.15) is 5.10 Å². The van der Waals surface area contributed by atoms with Crippen molar-refractivity contribution in [3.05, 3.63) is 47.2 Å². The molecule has 1 aromatic carbocycles. The molecule has 1 aliphatic heterocycles. The van der Waals surface area contributed by atoms with Crippen molar-refractivity contribution in [2.24, 2.45) is 0 Å². The topological polar surface area (TPSA) is 58.6 Å². The first-order chi connectivity index (χ1) is 14.2. The quantitative estimate of drug-likeness (QED) is 0.801. The number of carbonyl (C=O) groups is 1. The summed E-state index contributed by atoms with van der Waals surface area (Å²) in [6, 6.07) is 10.2. The fourth-order valence-electron chi connectivity index (χ4n) is 4.74. The van der Waals surface area contributed by atoms with Crippen molar-refractivity contribution >= 4 is 11.7 Å². The molecular weight excluding hydrogens is 364 g/mol. The van der Waals surface area contributed by atoms with Gasteiger partial charge >= 0.3 is 0 Å². The number of carbonyl (C=O) groups excluding carboxylic acids is 1. The van der Waals surface area contributed by atoms with Gasteiger partial charge in [-0.05, 0) is 67.9 Å². The van der Waals surface area contributed by atoms with Gasteiger partial charge in [-0.3, -0.25) is 4.79 Å². The second-order valence-corrected chi connectivity index (χ2v) is 8.47. The van der Waals surface area contributed by atoms with Crippen LogP contribution in [0, 0.1) is 0 Å². The molecule has 2 aromatic rings. The van der Waals surface area contributed by atoms with Crippen molar-refractivity contribution in [2.75, 3.05) is 38.2 Å². The summed E-state index contributed by atoms with van der Waals surface area (Å²) in [4.78, 5) is 17.6. The molecule has 6 heteroatoms. The summed E-state index contributed by atoms with van der Waals surface area (Å²) in [5.74, 6) is 2.07. The Kier molecular flexibility index (Phi) is 4.64. The lowest BCUT2D eigenvalue weighted by molar-refractivity contribution is -0.134. The molecule has 2 heterocycles. The second-order valence-electron chi connectivity index (χ2n) is 8.47. The van der Waals surface area contributed by atoms with Gasteiger partial charge in [-0.25, -0.2) is 0 Å². The highest BCUT2D eigenvalue weighted by Crippen LogP contribution is 2.50. The summed E-state index contributed by atoms with van der Waals surface area (Å²) < 4.78 is 5.26. The molecule has 0 N–H and O–H groups in total. The molecule has 5 rings (SSSR count). The molecule has 3 aliphatic rings. The largest absolute Gasteiger partial charge is 0.497 e. The summed E-state index contributed by atoms with van der Waals surface area (Å²) in [5, 5.41) is 8.94. The van der Waals surface area contributed by atoms with Crippen LogP contribution < -0.4 is 9.64 Å². The zero-order valence-electron chi connectivity index (χ0n) is 17.1. The van der Waals surface area contributed by atoms with Crippen LogP contribution >= 0.6 is 0 Å². The first-order valence-electron chi connectivity index (χ1n) is 10.7. The van der Waals surface area contributed by atoms with E-state index in [0.29, 0.717) is 0 Å². The molecule has 1 saturated carbocycles. The van der Waals surface area contributed by atoms with Crippen molar-refractivity contribution in [3.8, 4) is 5.75 Å². The van der Waals surface area contributed by atoms with Gasteiger partial charge in [0.05, 0.1) is 18.2 Å². The van der Waals surface area contributed by atoms with Crippen LogP contribution in [0.5, 0.6) is 5.75 Å². The van der Waals surface area contributed by atoms with Crippen molar-refractivity contribution < 1.29 is 9.53 Å². The number of fused-ring (bicyclic) bond motifs is 1. The van der Waals surface area contributed by atoms with E-state index in [-0.39, 0.29) is 11.3 Å². The van der Waals surface area contributed by atoms with E-state index in [4.69, 9.17) is 4.74 Å². The summed E-state index contributed by atoms with van der Waals surface area (Å²) in [7, 11) is 1.67. The van der Waals surface area contributed by atoms with Crippen LogP contribution in [0.25, 0.3) is 0 Å². The van der Waals surface area contributed by atoms with E-state index in [2.05, 4.69) is 21.2 Å². The Morgan fingerprint density at radius 2 is 1.72 bits per heavy atom. The molecule has 0 radical (unpaired) electrons. The Hall–Kier alpha value is -2.63. The van der Waals surface area contributed by atoms with Crippen molar-refractivity contribution in [2.45, 2.75) is 43.9 Å². The number of rotatable bonds is 4. The minimum atomic E-state index is -0.319. The normalized spacial score (nSPS) is 20.2. The molecule has 0 atom stereocenters. The number of anilines is 1. The minimum Gasteiger partial charge on any atom is -0.497 e. The van der Waals surface area contributed by atoms with Gasteiger partial charge in [0, 0.05) is 26.2 Å². The zero-order chi connectivity index (χ0) is 19.8. The SMILES string of the molecule is COc1ccc(C2(C(=O)N3CCN(c4cc5c(nn4)CCCC5)CC3)CC2)cc1. The standard InChI is InChI=1S/C23H28N4O2/c1-29-19-8-6-18(7-9-19)23(10-11-23)22(28)27-14-12-26(13-15-27)21-16-17-4-2-3-5-20(17)24-25-21/h6-9,16H,2-5,10-15H2,1H3. The van der Waals surface area contributed by atoms with Crippen LogP contribution in [0.1, 0.15) is 42.5 Å². The third-order valence-corrected chi connectivity index (χ3v) is 6.75. The predicted octanol–water partition coefficient (Wildman–Crippen LogP) is 2.74. The molecule has 29 heavy (non-hydrogen) atoms. The van der Waals surface area contributed by atoms with Gasteiger partial charge in [0.1, 0.15) is 5.75 Å². The van der Waals surface area contributed by atoms with Crippen LogP contribution in [0.3, 0.4) is 0 Å². The van der Waals surface area contributed by atoms with Gasteiger partial charge in [0.2, 0.25) is 5.91 Å². The number of nitrogens with zero attached hydrogens (tertiary/aromatic N) is 4. The number of hydrogen-bond donors (Lipinski definition) is 0. The molecular formula is C23H28N4O2. The number of hydrogen-bond acceptors (Lipinski definition) is 5. The Morgan fingerprint density at radius 1 is 1.00 bits per heavy atom. The fraction of sp³-hybridized carbons (Fsp3) is 0.522. The van der Waals surface area contributed by atoms with E-state index < -0.39 is 0 Å². The smallest absolute Gasteiger partial charge is 0.233 e. The molecule has 1 aromatic heterocycles. The molecule has 152 valence electrons. The number of piperazine rings is 1. The lowest BCUT2D eigenvalue weighted by atomic mass is 9.94. The molecule has 0 unspecified atom stereocenters. The predicted molar refractivity (Wildman–Crippen MR) is 111 cm³/mol. The van der Waals surface area contributed by atoms with Crippen LogP contribution in [-0.2, 0) is 23.1 Å². The molecule has 0 spiro atoms. The van der Waals surface area contributed by atoms with Crippen molar-refractivity contribution in [1.29, 1.82) is 0 Å². The Bertz CT molecular complexity index is 900. The molecule has 1 amide bonds. The Labute approximate surface area is 171 Å². The van der Waals surface area contributed by atoms with E-state index >= 15 is 0 Å². The first-order valence-corrected chi connectivity index (χ1v) is 10.7. The van der Waals surface area contributed by atoms with Crippen molar-refractivity contribution in [3.63, 3.8) is 0 Å². The highest BCUT2D eigenvalue weighted by molar-refractivity contribution is 5.91. The average Bonchev–Trinajstić information content (AvgIpc) is 3.60. The van der Waals surface area contributed by atoms with E-state index in [1.54, 1.807) is 7.11 Å².